The molecule has 186 valence electrons. The molecule has 9 heteroatoms. The van der Waals surface area contributed by atoms with Crippen molar-refractivity contribution in [2.24, 2.45) is 11.8 Å². The molecule has 2 aliphatic heterocycles. The molecule has 0 aliphatic carbocycles. The normalized spacial score (nSPS) is 25.7. The fraction of sp³-hybridized carbons (Fsp3) is 0.423. The Labute approximate surface area is 214 Å². The van der Waals surface area contributed by atoms with Gasteiger partial charge in [0, 0.05) is 56.7 Å². The van der Waals surface area contributed by atoms with Gasteiger partial charge in [-0.3, -0.25) is 4.79 Å². The van der Waals surface area contributed by atoms with Crippen LogP contribution in [0.3, 0.4) is 0 Å². The first kappa shape index (κ1) is 21.2. The van der Waals surface area contributed by atoms with Crippen LogP contribution in [0.25, 0.3) is 6.08 Å². The van der Waals surface area contributed by atoms with Gasteiger partial charge in [0.25, 0.3) is 5.91 Å². The Kier molecular flexibility index (Phi) is 6.19. The number of anilines is 2. The van der Waals surface area contributed by atoms with Gasteiger partial charge in [-0.05, 0) is 23.8 Å². The van der Waals surface area contributed by atoms with Crippen LogP contribution in [0, 0.1) is 11.8 Å². The molecule has 0 saturated carbocycles. The number of rotatable bonds is 6. The smallest absolute Gasteiger partial charge is 0.257 e. The van der Waals surface area contributed by atoms with E-state index in [4.69, 9.17) is 20.5 Å². The van der Waals surface area contributed by atoms with Crippen molar-refractivity contribution in [2.45, 2.75) is 26.4 Å². The monoisotopic (exact) mass is 502 g/mol. The second kappa shape index (κ2) is 10.2. The average molecular weight is 503 g/mol. The van der Waals surface area contributed by atoms with Crippen LogP contribution in [-0.2, 0) is 16.0 Å². The highest BCUT2D eigenvalue weighted by molar-refractivity contribution is 6.31. The lowest BCUT2D eigenvalue weighted by molar-refractivity contribution is -0.123. The van der Waals surface area contributed by atoms with Crippen LogP contribution in [-0.4, -0.2) is 55.8 Å². The Morgan fingerprint density at radius 1 is 1.40 bits per heavy atom. The number of carbonyl (C=O) groups is 1. The van der Waals surface area contributed by atoms with Crippen molar-refractivity contribution in [3.8, 4) is 0 Å². The standard InChI is InChI=1S/C26H31ClFN5O2/c1-15-12-33(13-16(2)25(15)28)26-30-11-20(27)21(31-26)9-18-6-7-22-19(8-18)10-23(17(3)32(22)5)35-14-24(34)29-4/h6-8,10-11,15-16,25H,3,9,12-14H2,1-2,4-5H3,(H,29,34)/t15-,16+,25?/i14D2,25D. The summed E-state index contributed by atoms with van der Waals surface area (Å²) >= 11 is 6.45. The number of halogens is 2. The number of hydrogen-bond donors (Lipinski definition) is 1. The van der Waals surface area contributed by atoms with Crippen LogP contribution in [0.1, 0.15) is 34.8 Å². The van der Waals surface area contributed by atoms with Gasteiger partial charge in [0.2, 0.25) is 5.95 Å². The van der Waals surface area contributed by atoms with Crippen LogP contribution in [0.15, 0.2) is 42.4 Å². The van der Waals surface area contributed by atoms with Crippen molar-refractivity contribution in [1.82, 2.24) is 15.3 Å². The number of ether oxygens (including phenoxy) is 1. The fourth-order valence-electron chi connectivity index (χ4n) is 4.33. The molecule has 1 N–H and O–H groups in total. The van der Waals surface area contributed by atoms with Gasteiger partial charge in [0.1, 0.15) is 11.9 Å². The molecule has 1 saturated heterocycles. The minimum atomic E-state index is -2.57. The lowest BCUT2D eigenvalue weighted by atomic mass is 9.90. The molecule has 1 aromatic heterocycles. The number of aromatic nitrogens is 2. The van der Waals surface area contributed by atoms with Crippen molar-refractivity contribution in [1.29, 1.82) is 0 Å². The molecular weight excluding hydrogens is 469 g/mol. The molecule has 1 fully saturated rings. The summed E-state index contributed by atoms with van der Waals surface area (Å²) < 4.78 is 44.0. The molecule has 1 aromatic carbocycles. The highest BCUT2D eigenvalue weighted by Crippen LogP contribution is 2.35. The largest absolute Gasteiger partial charge is 0.482 e. The van der Waals surface area contributed by atoms with Crippen molar-refractivity contribution in [3.05, 3.63) is 64.3 Å². The number of carbonyl (C=O) groups excluding carboxylic acids is 1. The third-order valence-electron chi connectivity index (χ3n) is 6.30. The number of benzene rings is 1. The molecule has 0 spiro atoms. The molecule has 7 nitrogen and oxygen atoms in total. The molecule has 2 aliphatic rings. The summed E-state index contributed by atoms with van der Waals surface area (Å²) in [5.41, 5.74) is 3.48. The van der Waals surface area contributed by atoms with E-state index in [0.29, 0.717) is 41.9 Å². The number of hydrogen-bond acceptors (Lipinski definition) is 6. The van der Waals surface area contributed by atoms with Gasteiger partial charge in [-0.15, -0.1) is 0 Å². The van der Waals surface area contributed by atoms with Crippen LogP contribution >= 0.6 is 11.6 Å². The number of alkyl halides is 1. The highest BCUT2D eigenvalue weighted by atomic mass is 35.5. The van der Waals surface area contributed by atoms with Crippen molar-refractivity contribution in [3.63, 3.8) is 0 Å². The molecule has 4 rings (SSSR count). The van der Waals surface area contributed by atoms with Gasteiger partial charge in [0.15, 0.2) is 6.56 Å². The lowest BCUT2D eigenvalue weighted by Gasteiger charge is -2.37. The van der Waals surface area contributed by atoms with Crippen LogP contribution < -0.4 is 15.1 Å². The fourth-order valence-corrected chi connectivity index (χ4v) is 4.49. The predicted molar refractivity (Wildman–Crippen MR) is 137 cm³/mol. The minimum absolute atomic E-state index is 0.139. The summed E-state index contributed by atoms with van der Waals surface area (Å²) in [5, 5.41) is 2.65. The highest BCUT2D eigenvalue weighted by Gasteiger charge is 2.33. The van der Waals surface area contributed by atoms with E-state index >= 15 is 0 Å². The van der Waals surface area contributed by atoms with E-state index < -0.39 is 30.4 Å². The van der Waals surface area contributed by atoms with E-state index in [1.165, 1.54) is 13.2 Å². The second-order valence-electron chi connectivity index (χ2n) is 8.92. The van der Waals surface area contributed by atoms with Crippen LogP contribution in [0.5, 0.6) is 0 Å². The number of piperidine rings is 1. The number of nitrogens with zero attached hydrogens (tertiary/aromatic N) is 4. The molecule has 35 heavy (non-hydrogen) atoms. The summed E-state index contributed by atoms with van der Waals surface area (Å²) in [5.74, 6) is -1.32. The lowest BCUT2D eigenvalue weighted by Crippen LogP contribution is -2.46. The maximum absolute atomic E-state index is 14.7. The first-order valence-corrected chi connectivity index (χ1v) is 11.8. The van der Waals surface area contributed by atoms with Crippen molar-refractivity contribution < 1.29 is 18.0 Å². The van der Waals surface area contributed by atoms with E-state index in [2.05, 4.69) is 21.9 Å². The predicted octanol–water partition coefficient (Wildman–Crippen LogP) is 4.22. The minimum Gasteiger partial charge on any atom is -0.482 e. The third kappa shape index (κ3) is 5.27. The van der Waals surface area contributed by atoms with Crippen LogP contribution in [0.4, 0.5) is 16.0 Å². The first-order valence-electron chi connectivity index (χ1n) is 12.9. The average Bonchev–Trinajstić information content (AvgIpc) is 2.86. The van der Waals surface area contributed by atoms with E-state index in [-0.39, 0.29) is 5.76 Å². The molecule has 0 bridgehead atoms. The van der Waals surface area contributed by atoms with Gasteiger partial charge in [-0.2, -0.15) is 0 Å². The zero-order valence-electron chi connectivity index (χ0n) is 23.2. The Bertz CT molecular complexity index is 1290. The SMILES string of the molecule is [2H]C([2H])(OC1=Cc2cc(Cc3nc(N4C[C@@H](C)C([2H])(F)[C@@H](C)C4)ncc3Cl)ccc2N(C)C1=C)C(=O)NC. The maximum Gasteiger partial charge on any atom is 0.257 e. The van der Waals surface area contributed by atoms with Gasteiger partial charge < -0.3 is 19.9 Å². The number of amides is 1. The summed E-state index contributed by atoms with van der Waals surface area (Å²) in [6.45, 7) is 5.51. The molecule has 1 unspecified atom stereocenters. The summed E-state index contributed by atoms with van der Waals surface area (Å²) in [7, 11) is 3.12. The second-order valence-corrected chi connectivity index (χ2v) is 9.33. The maximum atomic E-state index is 14.7. The Morgan fingerprint density at radius 3 is 2.80 bits per heavy atom. The quantitative estimate of drug-likeness (QED) is 0.638. The molecule has 1 amide bonds. The van der Waals surface area contributed by atoms with E-state index in [9.17, 15) is 9.18 Å². The molecular formula is C26H31ClFN5O2. The summed E-state index contributed by atoms with van der Waals surface area (Å²) in [6.07, 6.45) is 1.58. The van der Waals surface area contributed by atoms with E-state index in [0.717, 1.165) is 16.8 Å². The molecule has 0 radical (unpaired) electrons. The van der Waals surface area contributed by atoms with E-state index in [1.807, 2.05) is 23.1 Å². The van der Waals surface area contributed by atoms with Gasteiger partial charge in [0.05, 0.1) is 26.7 Å². The van der Waals surface area contributed by atoms with Crippen molar-refractivity contribution >= 4 is 35.2 Å². The van der Waals surface area contributed by atoms with E-state index in [1.54, 1.807) is 31.9 Å². The molecule has 2 aromatic rings. The first-order chi connectivity index (χ1) is 17.7. The van der Waals surface area contributed by atoms with Crippen molar-refractivity contribution in [2.75, 3.05) is 43.5 Å². The van der Waals surface area contributed by atoms with Gasteiger partial charge in [-0.25, -0.2) is 14.4 Å². The zero-order valence-corrected chi connectivity index (χ0v) is 21.0. The summed E-state index contributed by atoms with van der Waals surface area (Å²) in [6, 6.07) is 5.76. The van der Waals surface area contributed by atoms with Gasteiger partial charge in [-0.1, -0.05) is 38.1 Å². The topological polar surface area (TPSA) is 70.6 Å². The number of likely N-dealkylation sites (N-methyl/N-ethyl adjacent to an activating group) is 2. The Balaban J connectivity index is 1.60. The molecule has 3 atom stereocenters. The zero-order chi connectivity index (χ0) is 28.0. The third-order valence-corrected chi connectivity index (χ3v) is 6.61. The summed E-state index contributed by atoms with van der Waals surface area (Å²) in [4.78, 5) is 24.6. The number of nitrogens with one attached hydrogen (secondary N) is 1. The molecule has 3 heterocycles. The van der Waals surface area contributed by atoms with Gasteiger partial charge >= 0.3 is 0 Å². The van der Waals surface area contributed by atoms with Crippen LogP contribution in [0.2, 0.25) is 5.02 Å². The Morgan fingerprint density at radius 2 is 2.11 bits per heavy atom. The Hall–Kier alpha value is -3.13. The number of fused-ring (bicyclic) bond motifs is 1.